The molecule has 0 saturated heterocycles. The molecule has 0 fully saturated rings. The second kappa shape index (κ2) is 7.96. The molecule has 0 atom stereocenters. The number of hydrogen-bond donors (Lipinski definition) is 1. The van der Waals surface area contributed by atoms with E-state index in [-0.39, 0.29) is 18.4 Å². The molecule has 7 heteroatoms. The van der Waals surface area contributed by atoms with Crippen LogP contribution in [0.5, 0.6) is 11.5 Å². The minimum absolute atomic E-state index is 0.228. The first-order chi connectivity index (χ1) is 13.7. The standard InChI is InChI=1S/C21H20N4O3/c1-25(13-15-5-3-2-4-6-15)20-10-8-17(23-24-20)21(26)22-12-16-7-9-18-19(11-16)28-14-27-18/h2-11H,12-14H2,1H3,(H,22,26). The Morgan fingerprint density at radius 1 is 1.00 bits per heavy atom. The molecule has 1 aliphatic rings. The summed E-state index contributed by atoms with van der Waals surface area (Å²) < 4.78 is 10.6. The van der Waals surface area contributed by atoms with Crippen molar-refractivity contribution in [2.45, 2.75) is 13.1 Å². The summed E-state index contributed by atoms with van der Waals surface area (Å²) in [4.78, 5) is 14.3. The third kappa shape index (κ3) is 4.03. The third-order valence-corrected chi connectivity index (χ3v) is 4.43. The Morgan fingerprint density at radius 3 is 2.61 bits per heavy atom. The number of rotatable bonds is 6. The van der Waals surface area contributed by atoms with Gasteiger partial charge in [-0.25, -0.2) is 0 Å². The van der Waals surface area contributed by atoms with E-state index in [4.69, 9.17) is 9.47 Å². The number of ether oxygens (including phenoxy) is 2. The van der Waals surface area contributed by atoms with Crippen LogP contribution in [0.3, 0.4) is 0 Å². The smallest absolute Gasteiger partial charge is 0.272 e. The quantitative estimate of drug-likeness (QED) is 0.713. The van der Waals surface area contributed by atoms with Crippen LogP contribution < -0.4 is 19.7 Å². The van der Waals surface area contributed by atoms with Gasteiger partial charge in [-0.2, -0.15) is 0 Å². The molecule has 1 aromatic heterocycles. The van der Waals surface area contributed by atoms with Crippen LogP contribution in [-0.4, -0.2) is 29.9 Å². The Labute approximate surface area is 162 Å². The summed E-state index contributed by atoms with van der Waals surface area (Å²) in [5, 5.41) is 11.1. The molecule has 0 aliphatic carbocycles. The van der Waals surface area contributed by atoms with Crippen molar-refractivity contribution in [2.24, 2.45) is 0 Å². The number of nitrogens with zero attached hydrogens (tertiary/aromatic N) is 3. The zero-order chi connectivity index (χ0) is 19.3. The summed E-state index contributed by atoms with van der Waals surface area (Å²) in [6, 6.07) is 19.2. The molecule has 1 N–H and O–H groups in total. The van der Waals surface area contributed by atoms with Crippen LogP contribution in [-0.2, 0) is 13.1 Å². The fraction of sp³-hybridized carbons (Fsp3) is 0.190. The topological polar surface area (TPSA) is 76.6 Å². The highest BCUT2D eigenvalue weighted by Gasteiger charge is 2.14. The lowest BCUT2D eigenvalue weighted by molar-refractivity contribution is 0.0945. The molecule has 28 heavy (non-hydrogen) atoms. The molecule has 0 saturated carbocycles. The molecule has 1 aliphatic heterocycles. The summed E-state index contributed by atoms with van der Waals surface area (Å²) in [6.07, 6.45) is 0. The lowest BCUT2D eigenvalue weighted by Crippen LogP contribution is -2.25. The molecule has 1 amide bonds. The molecule has 2 heterocycles. The van der Waals surface area contributed by atoms with E-state index in [9.17, 15) is 4.79 Å². The normalized spacial score (nSPS) is 11.9. The van der Waals surface area contributed by atoms with Crippen molar-refractivity contribution in [1.29, 1.82) is 0 Å². The van der Waals surface area contributed by atoms with Crippen LogP contribution in [0.4, 0.5) is 5.82 Å². The van der Waals surface area contributed by atoms with E-state index in [0.29, 0.717) is 24.7 Å². The number of aromatic nitrogens is 2. The number of anilines is 1. The van der Waals surface area contributed by atoms with Gasteiger partial charge in [-0.3, -0.25) is 4.79 Å². The highest BCUT2D eigenvalue weighted by Crippen LogP contribution is 2.32. The van der Waals surface area contributed by atoms with Crippen molar-refractivity contribution in [3.05, 3.63) is 77.5 Å². The summed E-state index contributed by atoms with van der Waals surface area (Å²) in [7, 11) is 1.94. The van der Waals surface area contributed by atoms with Gasteiger partial charge in [-0.1, -0.05) is 36.4 Å². The van der Waals surface area contributed by atoms with Gasteiger partial charge in [0.25, 0.3) is 5.91 Å². The maximum atomic E-state index is 12.3. The van der Waals surface area contributed by atoms with Gasteiger partial charge in [-0.05, 0) is 35.4 Å². The number of carbonyl (C=O) groups is 1. The number of amides is 1. The van der Waals surface area contributed by atoms with Gasteiger partial charge in [0.15, 0.2) is 23.0 Å². The van der Waals surface area contributed by atoms with E-state index in [1.807, 2.05) is 48.3 Å². The zero-order valence-electron chi connectivity index (χ0n) is 15.5. The number of benzene rings is 2. The number of nitrogens with one attached hydrogen (secondary N) is 1. The Kier molecular flexibility index (Phi) is 5.05. The van der Waals surface area contributed by atoms with Gasteiger partial charge in [-0.15, -0.1) is 10.2 Å². The zero-order valence-corrected chi connectivity index (χ0v) is 15.5. The summed E-state index contributed by atoms with van der Waals surface area (Å²) in [5.41, 5.74) is 2.37. The fourth-order valence-electron chi connectivity index (χ4n) is 2.91. The van der Waals surface area contributed by atoms with Crippen molar-refractivity contribution in [2.75, 3.05) is 18.7 Å². The molecular weight excluding hydrogens is 356 g/mol. The molecule has 0 spiro atoms. The van der Waals surface area contributed by atoms with Crippen LogP contribution in [0.15, 0.2) is 60.7 Å². The molecule has 0 unspecified atom stereocenters. The van der Waals surface area contributed by atoms with E-state index in [1.54, 1.807) is 12.1 Å². The van der Waals surface area contributed by atoms with Gasteiger partial charge in [0.2, 0.25) is 6.79 Å². The van der Waals surface area contributed by atoms with E-state index >= 15 is 0 Å². The maximum absolute atomic E-state index is 12.3. The van der Waals surface area contributed by atoms with Crippen LogP contribution in [0.25, 0.3) is 0 Å². The number of hydrogen-bond acceptors (Lipinski definition) is 6. The third-order valence-electron chi connectivity index (χ3n) is 4.43. The lowest BCUT2D eigenvalue weighted by atomic mass is 10.2. The molecule has 0 bridgehead atoms. The van der Waals surface area contributed by atoms with Gasteiger partial charge in [0, 0.05) is 20.1 Å². The average Bonchev–Trinajstić information content (AvgIpc) is 3.21. The highest BCUT2D eigenvalue weighted by atomic mass is 16.7. The largest absolute Gasteiger partial charge is 0.454 e. The fourth-order valence-corrected chi connectivity index (χ4v) is 2.91. The van der Waals surface area contributed by atoms with Crippen molar-refractivity contribution in [1.82, 2.24) is 15.5 Å². The van der Waals surface area contributed by atoms with Crippen molar-refractivity contribution < 1.29 is 14.3 Å². The van der Waals surface area contributed by atoms with Crippen molar-refractivity contribution in [3.63, 3.8) is 0 Å². The summed E-state index contributed by atoms with van der Waals surface area (Å²) >= 11 is 0. The molecule has 7 nitrogen and oxygen atoms in total. The van der Waals surface area contributed by atoms with Gasteiger partial charge >= 0.3 is 0 Å². The molecule has 2 aromatic carbocycles. The molecular formula is C21H20N4O3. The van der Waals surface area contributed by atoms with E-state index in [1.165, 1.54) is 5.56 Å². The molecule has 4 rings (SSSR count). The van der Waals surface area contributed by atoms with Crippen molar-refractivity contribution in [3.8, 4) is 11.5 Å². The van der Waals surface area contributed by atoms with E-state index in [2.05, 4.69) is 27.6 Å². The predicted molar refractivity (Wildman–Crippen MR) is 104 cm³/mol. The Morgan fingerprint density at radius 2 is 1.82 bits per heavy atom. The van der Waals surface area contributed by atoms with Crippen LogP contribution in [0.2, 0.25) is 0 Å². The first-order valence-corrected chi connectivity index (χ1v) is 8.94. The second-order valence-corrected chi connectivity index (χ2v) is 6.49. The first-order valence-electron chi connectivity index (χ1n) is 8.94. The highest BCUT2D eigenvalue weighted by molar-refractivity contribution is 5.92. The van der Waals surface area contributed by atoms with Crippen molar-refractivity contribution >= 4 is 11.7 Å². The first kappa shape index (κ1) is 17.8. The van der Waals surface area contributed by atoms with Gasteiger partial charge in [0.1, 0.15) is 0 Å². The molecule has 142 valence electrons. The van der Waals surface area contributed by atoms with Crippen LogP contribution >= 0.6 is 0 Å². The van der Waals surface area contributed by atoms with Gasteiger partial charge < -0.3 is 19.7 Å². The van der Waals surface area contributed by atoms with Gasteiger partial charge in [0.05, 0.1) is 0 Å². The Hall–Kier alpha value is -3.61. The van der Waals surface area contributed by atoms with Crippen LogP contribution in [0.1, 0.15) is 21.6 Å². The SMILES string of the molecule is CN(Cc1ccccc1)c1ccc(C(=O)NCc2ccc3c(c2)OCO3)nn1. The monoisotopic (exact) mass is 376 g/mol. The average molecular weight is 376 g/mol. The minimum atomic E-state index is -0.276. The summed E-state index contributed by atoms with van der Waals surface area (Å²) in [6.45, 7) is 1.31. The minimum Gasteiger partial charge on any atom is -0.454 e. The van der Waals surface area contributed by atoms with E-state index < -0.39 is 0 Å². The second-order valence-electron chi connectivity index (χ2n) is 6.49. The van der Waals surface area contributed by atoms with Crippen LogP contribution in [0, 0.1) is 0 Å². The summed E-state index contributed by atoms with van der Waals surface area (Å²) in [5.74, 6) is 1.84. The molecule has 0 radical (unpaired) electrons. The molecule has 3 aromatic rings. The number of fused-ring (bicyclic) bond motifs is 1. The Balaban J connectivity index is 1.34. The maximum Gasteiger partial charge on any atom is 0.272 e. The lowest BCUT2D eigenvalue weighted by Gasteiger charge is -2.17. The predicted octanol–water partition coefficient (Wildman–Crippen LogP) is 2.77. The number of carbonyl (C=O) groups excluding carboxylic acids is 1. The Bertz CT molecular complexity index is 961. The van der Waals surface area contributed by atoms with E-state index in [0.717, 1.165) is 11.3 Å².